The first-order chi connectivity index (χ1) is 19.8. The number of aromatic nitrogens is 2. The van der Waals surface area contributed by atoms with E-state index in [0.29, 0.717) is 38.2 Å². The van der Waals surface area contributed by atoms with E-state index in [-0.39, 0.29) is 29.2 Å². The Morgan fingerprint density at radius 1 is 1.22 bits per heavy atom. The second-order valence-corrected chi connectivity index (χ2v) is 13.7. The largest absolute Gasteiger partial charge is 0.491 e. The van der Waals surface area contributed by atoms with Crippen LogP contribution in [0.25, 0.3) is 10.9 Å². The quantitative estimate of drug-likeness (QED) is 0.292. The molecule has 2 atom stereocenters. The molecule has 0 amide bonds. The highest BCUT2D eigenvalue weighted by molar-refractivity contribution is 8.15. The Morgan fingerprint density at radius 2 is 2.02 bits per heavy atom. The van der Waals surface area contributed by atoms with Gasteiger partial charge in [-0.25, -0.2) is 13.8 Å². The lowest BCUT2D eigenvalue weighted by molar-refractivity contribution is 0.0117. The molecule has 0 spiro atoms. The normalized spacial score (nSPS) is 19.0. The van der Waals surface area contributed by atoms with Gasteiger partial charge in [0, 0.05) is 49.4 Å². The molecule has 0 aliphatic carbocycles. The Morgan fingerprint density at radius 3 is 2.73 bits per heavy atom. The molecule has 1 aromatic carbocycles. The number of benzene rings is 1. The summed E-state index contributed by atoms with van der Waals surface area (Å²) < 4.78 is 66.4. The second-order valence-electron chi connectivity index (χ2n) is 9.39. The molecule has 2 aliphatic heterocycles. The summed E-state index contributed by atoms with van der Waals surface area (Å²) in [4.78, 5) is 13.8. The lowest BCUT2D eigenvalue weighted by Gasteiger charge is -2.33. The van der Waals surface area contributed by atoms with Crippen molar-refractivity contribution in [3.8, 4) is 5.75 Å². The number of hydrogen-bond donors (Lipinski definition) is 2. The van der Waals surface area contributed by atoms with E-state index >= 15 is 0 Å². The Balaban J connectivity index is 1.52. The number of methoxy groups -OCH3 is 1. The highest BCUT2D eigenvalue weighted by atomic mass is 32.2. The minimum absolute atomic E-state index is 0.00174. The maximum absolute atomic E-state index is 13.9. The fourth-order valence-electron chi connectivity index (χ4n) is 4.67. The van der Waals surface area contributed by atoms with Crippen LogP contribution in [0, 0.1) is 0 Å². The number of aliphatic hydroxyl groups is 1. The summed E-state index contributed by atoms with van der Waals surface area (Å²) in [5.74, 6) is 2.24. The molecule has 10 nitrogen and oxygen atoms in total. The number of thioether (sulfide) groups is 2. The lowest BCUT2D eigenvalue weighted by atomic mass is 10.2. The predicted molar refractivity (Wildman–Crippen MR) is 158 cm³/mol. The van der Waals surface area contributed by atoms with Gasteiger partial charge in [0.25, 0.3) is 16.4 Å². The number of rotatable bonds is 12. The van der Waals surface area contributed by atoms with E-state index in [2.05, 4.69) is 19.9 Å². The zero-order valence-electron chi connectivity index (χ0n) is 22.3. The van der Waals surface area contributed by atoms with Crippen molar-refractivity contribution in [2.45, 2.75) is 22.9 Å². The monoisotopic (exact) mass is 627 g/mol. The molecule has 5 rings (SSSR count). The summed E-state index contributed by atoms with van der Waals surface area (Å²) in [6, 6.07) is 9.21. The predicted octanol–water partition coefficient (Wildman–Crippen LogP) is 3.28. The van der Waals surface area contributed by atoms with Crippen LogP contribution in [-0.2, 0) is 14.8 Å². The minimum atomic E-state index is -4.46. The maximum atomic E-state index is 13.9. The topological polar surface area (TPSA) is 120 Å². The first-order valence-electron chi connectivity index (χ1n) is 13.0. The van der Waals surface area contributed by atoms with Crippen LogP contribution in [0.5, 0.6) is 5.75 Å². The van der Waals surface area contributed by atoms with Crippen molar-refractivity contribution in [1.82, 2.24) is 14.9 Å². The maximum Gasteiger partial charge on any atom is 0.282 e. The van der Waals surface area contributed by atoms with E-state index < -0.39 is 29.2 Å². The van der Waals surface area contributed by atoms with Crippen LogP contribution >= 0.6 is 23.5 Å². The average molecular weight is 628 g/mol. The Hall–Kier alpha value is -2.43. The number of aromatic amines is 1. The zero-order chi connectivity index (χ0) is 29.0. The van der Waals surface area contributed by atoms with Gasteiger partial charge in [-0.2, -0.15) is 20.2 Å². The number of ether oxygens (including phenoxy) is 2. The number of fused-ring (bicyclic) bond motifs is 1. The molecule has 0 saturated carbocycles. The number of pyridine rings is 1. The third-order valence-electron chi connectivity index (χ3n) is 6.66. The fraction of sp³-hybridized carbons (Fsp3) is 0.462. The number of anilines is 1. The number of nitrogens with zero attached hydrogens (tertiary/aromatic N) is 4. The molecule has 1 saturated heterocycles. The fourth-order valence-corrected chi connectivity index (χ4v) is 8.10. The molecule has 2 aliphatic rings. The van der Waals surface area contributed by atoms with Crippen molar-refractivity contribution in [2.24, 2.45) is 4.99 Å². The molecule has 222 valence electrons. The van der Waals surface area contributed by atoms with Crippen LogP contribution < -0.4 is 9.04 Å². The van der Waals surface area contributed by atoms with Gasteiger partial charge in [-0.05, 0) is 24.3 Å². The summed E-state index contributed by atoms with van der Waals surface area (Å²) in [7, 11) is -2.94. The van der Waals surface area contributed by atoms with Crippen LogP contribution in [0.3, 0.4) is 0 Å². The van der Waals surface area contributed by atoms with Gasteiger partial charge in [-0.3, -0.25) is 14.2 Å². The van der Waals surface area contributed by atoms with Gasteiger partial charge in [-0.1, -0.05) is 17.8 Å². The van der Waals surface area contributed by atoms with Crippen molar-refractivity contribution in [1.29, 1.82) is 0 Å². The number of sulfonamides is 1. The number of hydrogen-bond acceptors (Lipinski definition) is 10. The van der Waals surface area contributed by atoms with Gasteiger partial charge in [0.05, 0.1) is 41.8 Å². The van der Waals surface area contributed by atoms with Crippen molar-refractivity contribution >= 4 is 55.2 Å². The van der Waals surface area contributed by atoms with E-state index in [1.807, 2.05) is 11.8 Å². The Kier molecular flexibility index (Phi) is 9.71. The second kappa shape index (κ2) is 13.3. The molecule has 2 aromatic heterocycles. The third kappa shape index (κ3) is 6.81. The summed E-state index contributed by atoms with van der Waals surface area (Å²) in [6.45, 7) is 1.42. The van der Waals surface area contributed by atoms with Gasteiger partial charge in [0.2, 0.25) is 0 Å². The lowest BCUT2D eigenvalue weighted by Crippen LogP contribution is -2.46. The number of halogens is 2. The molecule has 1 fully saturated rings. The van der Waals surface area contributed by atoms with Crippen molar-refractivity contribution in [3.05, 3.63) is 48.3 Å². The number of alkyl halides is 2. The number of aliphatic imine (C=N–C) groups is 1. The van der Waals surface area contributed by atoms with Crippen molar-refractivity contribution in [3.63, 3.8) is 0 Å². The molecule has 0 radical (unpaired) electrons. The first-order valence-corrected chi connectivity index (χ1v) is 16.5. The molecular weight excluding hydrogens is 597 g/mol. The molecule has 2 N–H and O–H groups in total. The van der Waals surface area contributed by atoms with Gasteiger partial charge in [0.1, 0.15) is 23.6 Å². The molecular formula is C26H31F2N5O5S3. The molecule has 0 bridgehead atoms. The summed E-state index contributed by atoms with van der Waals surface area (Å²) in [5.41, 5.74) is 0.925. The van der Waals surface area contributed by atoms with Crippen molar-refractivity contribution < 1.29 is 31.8 Å². The summed E-state index contributed by atoms with van der Waals surface area (Å²) in [5, 5.41) is 11.6. The van der Waals surface area contributed by atoms with E-state index in [0.717, 1.165) is 24.6 Å². The average Bonchev–Trinajstić information content (AvgIpc) is 3.64. The van der Waals surface area contributed by atoms with Gasteiger partial charge in [0.15, 0.2) is 5.03 Å². The van der Waals surface area contributed by atoms with Crippen molar-refractivity contribution in [2.75, 3.05) is 62.3 Å². The smallest absolute Gasteiger partial charge is 0.282 e. The molecule has 41 heavy (non-hydrogen) atoms. The highest BCUT2D eigenvalue weighted by Crippen LogP contribution is 2.38. The van der Waals surface area contributed by atoms with Gasteiger partial charge >= 0.3 is 0 Å². The van der Waals surface area contributed by atoms with Crippen LogP contribution in [-0.4, -0.2) is 109 Å². The number of aliphatic hydroxyl groups excluding tert-OH is 1. The highest BCUT2D eigenvalue weighted by Gasteiger charge is 2.34. The SMILES string of the molecule is COCCOc1cc(N(CC(F)F)S(=O)(=O)c2ccccn2)c2[nH]c(C3=NCC(C(O)N4CCSCC4)S3)cc2c1. The zero-order valence-corrected chi connectivity index (χ0v) is 24.7. The number of H-pyrrole nitrogens is 1. The summed E-state index contributed by atoms with van der Waals surface area (Å²) >= 11 is 3.30. The summed E-state index contributed by atoms with van der Waals surface area (Å²) in [6.07, 6.45) is -2.31. The molecule has 15 heteroatoms. The molecule has 4 heterocycles. The van der Waals surface area contributed by atoms with E-state index in [1.165, 1.54) is 43.3 Å². The van der Waals surface area contributed by atoms with Crippen LogP contribution in [0.4, 0.5) is 14.5 Å². The minimum Gasteiger partial charge on any atom is -0.491 e. The van der Waals surface area contributed by atoms with Gasteiger partial charge in [-0.15, -0.1) is 0 Å². The van der Waals surface area contributed by atoms with E-state index in [9.17, 15) is 22.3 Å². The standard InChI is InChI=1S/C26H31F2N5O5S3/c1-37-8-9-38-18-12-17-13-19(25-30-15-21(40-25)26(34)32-6-10-39-11-7-32)31-24(17)20(14-18)33(16-22(27)28)41(35,36)23-4-2-3-5-29-23/h2-5,12-14,21-22,26,31,34H,6-11,15-16H2,1H3. The number of nitrogens with one attached hydrogen (secondary N) is 1. The third-order valence-corrected chi connectivity index (χ3v) is 10.6. The van der Waals surface area contributed by atoms with E-state index in [4.69, 9.17) is 9.47 Å². The van der Waals surface area contributed by atoms with Crippen LogP contribution in [0.15, 0.2) is 52.6 Å². The van der Waals surface area contributed by atoms with Crippen LogP contribution in [0.2, 0.25) is 0 Å². The molecule has 3 aromatic rings. The Bertz CT molecular complexity index is 1470. The van der Waals surface area contributed by atoms with Gasteiger partial charge < -0.3 is 19.6 Å². The Labute approximate surface area is 245 Å². The van der Waals surface area contributed by atoms with E-state index in [1.54, 1.807) is 18.2 Å². The first kappa shape index (κ1) is 30.0. The van der Waals surface area contributed by atoms with Crippen LogP contribution in [0.1, 0.15) is 5.69 Å². The molecule has 2 unspecified atom stereocenters.